The lowest BCUT2D eigenvalue weighted by atomic mass is 9.74. The van der Waals surface area contributed by atoms with Gasteiger partial charge in [0.2, 0.25) is 0 Å². The molecule has 5 heteroatoms. The van der Waals surface area contributed by atoms with Crippen molar-refractivity contribution in [3.05, 3.63) is 76.8 Å². The first-order chi connectivity index (χ1) is 12.7. The third kappa shape index (κ3) is 3.87. The SMILES string of the molecule is O=C(N/N=C1\CC2C=CCC12)c1ccc(CSc2ccc(Cl)cc2)cc1. The van der Waals surface area contributed by atoms with E-state index in [9.17, 15) is 4.79 Å². The van der Waals surface area contributed by atoms with Crippen LogP contribution in [0.5, 0.6) is 0 Å². The first kappa shape index (κ1) is 17.4. The minimum Gasteiger partial charge on any atom is -0.267 e. The monoisotopic (exact) mass is 382 g/mol. The van der Waals surface area contributed by atoms with Crippen molar-refractivity contribution in [2.45, 2.75) is 23.5 Å². The number of hydrogen-bond donors (Lipinski definition) is 1. The van der Waals surface area contributed by atoms with E-state index in [1.165, 1.54) is 10.5 Å². The number of carbonyl (C=O) groups excluding carboxylic acids is 1. The summed E-state index contributed by atoms with van der Waals surface area (Å²) < 4.78 is 0. The van der Waals surface area contributed by atoms with Crippen LogP contribution >= 0.6 is 23.4 Å². The molecule has 0 saturated heterocycles. The second-order valence-corrected chi connectivity index (χ2v) is 8.11. The van der Waals surface area contributed by atoms with Crippen molar-refractivity contribution in [3.63, 3.8) is 0 Å². The molecule has 4 rings (SSSR count). The Morgan fingerprint density at radius 3 is 2.65 bits per heavy atom. The molecule has 2 aliphatic carbocycles. The quantitative estimate of drug-likeness (QED) is 0.432. The first-order valence-electron chi connectivity index (χ1n) is 8.70. The van der Waals surface area contributed by atoms with Gasteiger partial charge in [0.05, 0.1) is 0 Å². The zero-order valence-electron chi connectivity index (χ0n) is 14.2. The summed E-state index contributed by atoms with van der Waals surface area (Å²) in [5, 5.41) is 5.06. The van der Waals surface area contributed by atoms with Crippen LogP contribution in [-0.4, -0.2) is 11.6 Å². The van der Waals surface area contributed by atoms with E-state index >= 15 is 0 Å². The van der Waals surface area contributed by atoms with Crippen LogP contribution in [0.2, 0.25) is 5.02 Å². The van der Waals surface area contributed by atoms with Gasteiger partial charge in [0.15, 0.2) is 0 Å². The molecule has 2 atom stereocenters. The number of allylic oxidation sites excluding steroid dienone is 2. The van der Waals surface area contributed by atoms with E-state index in [0.29, 0.717) is 17.4 Å². The molecule has 1 fully saturated rings. The Labute approximate surface area is 162 Å². The van der Waals surface area contributed by atoms with Crippen LogP contribution in [0.4, 0.5) is 0 Å². The standard InChI is InChI=1S/C21H19ClN2OS/c22-17-8-10-18(11-9-17)26-13-14-4-6-15(7-5-14)21(25)24-23-20-12-16-2-1-3-19(16)20/h1-2,4-11,16,19H,3,12-13H2,(H,24,25)/b23-20+. The third-order valence-corrected chi connectivity index (χ3v) is 6.23. The van der Waals surface area contributed by atoms with Gasteiger partial charge >= 0.3 is 0 Å². The molecule has 0 aromatic heterocycles. The maximum Gasteiger partial charge on any atom is 0.271 e. The predicted molar refractivity (Wildman–Crippen MR) is 108 cm³/mol. The van der Waals surface area contributed by atoms with Crippen molar-refractivity contribution in [3.8, 4) is 0 Å². The molecule has 2 aromatic carbocycles. The molecule has 3 nitrogen and oxygen atoms in total. The summed E-state index contributed by atoms with van der Waals surface area (Å²) in [5.74, 6) is 1.86. The lowest BCUT2D eigenvalue weighted by molar-refractivity contribution is 0.0954. The Bertz CT molecular complexity index is 859. The molecule has 1 amide bonds. The normalized spacial score (nSPS) is 22.1. The van der Waals surface area contributed by atoms with Gasteiger partial charge in [0, 0.05) is 32.9 Å². The van der Waals surface area contributed by atoms with Crippen molar-refractivity contribution >= 4 is 35.0 Å². The summed E-state index contributed by atoms with van der Waals surface area (Å²) in [6, 6.07) is 15.5. The van der Waals surface area contributed by atoms with Gasteiger partial charge in [-0.05, 0) is 60.7 Å². The zero-order valence-corrected chi connectivity index (χ0v) is 15.8. The summed E-state index contributed by atoms with van der Waals surface area (Å²) in [4.78, 5) is 13.4. The largest absolute Gasteiger partial charge is 0.271 e. The molecule has 132 valence electrons. The third-order valence-electron chi connectivity index (χ3n) is 4.90. The highest BCUT2D eigenvalue weighted by atomic mass is 35.5. The van der Waals surface area contributed by atoms with Crippen molar-refractivity contribution in [2.75, 3.05) is 0 Å². The molecule has 1 N–H and O–H groups in total. The van der Waals surface area contributed by atoms with Crippen LogP contribution in [0, 0.1) is 11.8 Å². The van der Waals surface area contributed by atoms with Gasteiger partial charge in [-0.1, -0.05) is 35.9 Å². The Kier molecular flexibility index (Phi) is 5.14. The van der Waals surface area contributed by atoms with Crippen LogP contribution in [0.25, 0.3) is 0 Å². The van der Waals surface area contributed by atoms with Gasteiger partial charge in [-0.25, -0.2) is 5.43 Å². The Hall–Kier alpha value is -2.04. The number of hydrazone groups is 1. The first-order valence-corrected chi connectivity index (χ1v) is 10.1. The average Bonchev–Trinajstić information content (AvgIpc) is 3.02. The fourth-order valence-electron chi connectivity index (χ4n) is 3.30. The number of halogens is 1. The highest BCUT2D eigenvalue weighted by Gasteiger charge is 2.37. The predicted octanol–water partition coefficient (Wildman–Crippen LogP) is 5.31. The molecule has 0 aliphatic heterocycles. The second-order valence-electron chi connectivity index (χ2n) is 6.62. The summed E-state index contributed by atoms with van der Waals surface area (Å²) in [6.07, 6.45) is 6.49. The number of amides is 1. The summed E-state index contributed by atoms with van der Waals surface area (Å²) in [7, 11) is 0. The second kappa shape index (κ2) is 7.68. The van der Waals surface area contributed by atoms with E-state index in [1.54, 1.807) is 11.8 Å². The van der Waals surface area contributed by atoms with Crippen LogP contribution in [-0.2, 0) is 5.75 Å². The van der Waals surface area contributed by atoms with Crippen molar-refractivity contribution < 1.29 is 4.79 Å². The zero-order chi connectivity index (χ0) is 17.9. The fraction of sp³-hybridized carbons (Fsp3) is 0.238. The van der Waals surface area contributed by atoms with Crippen molar-refractivity contribution in [1.82, 2.24) is 5.43 Å². The van der Waals surface area contributed by atoms with E-state index in [0.717, 1.165) is 29.3 Å². The number of thioether (sulfide) groups is 1. The Morgan fingerprint density at radius 2 is 1.92 bits per heavy atom. The van der Waals surface area contributed by atoms with Gasteiger partial charge in [-0.2, -0.15) is 5.10 Å². The summed E-state index contributed by atoms with van der Waals surface area (Å²) in [5.41, 5.74) is 5.62. The lowest BCUT2D eigenvalue weighted by Crippen LogP contribution is -2.35. The number of fused-ring (bicyclic) bond motifs is 1. The molecule has 0 bridgehead atoms. The van der Waals surface area contributed by atoms with E-state index in [1.807, 2.05) is 48.5 Å². The van der Waals surface area contributed by atoms with Gasteiger partial charge in [0.25, 0.3) is 5.91 Å². The van der Waals surface area contributed by atoms with Crippen LogP contribution in [0.3, 0.4) is 0 Å². The van der Waals surface area contributed by atoms with Crippen LogP contribution in [0.1, 0.15) is 28.8 Å². The molecular formula is C21H19ClN2OS. The Morgan fingerprint density at radius 1 is 1.15 bits per heavy atom. The fourth-order valence-corrected chi connectivity index (χ4v) is 4.28. The van der Waals surface area contributed by atoms with Gasteiger partial charge in [-0.3, -0.25) is 4.79 Å². The molecule has 1 saturated carbocycles. The van der Waals surface area contributed by atoms with Crippen molar-refractivity contribution in [1.29, 1.82) is 0 Å². The molecule has 2 unspecified atom stereocenters. The van der Waals surface area contributed by atoms with Crippen LogP contribution < -0.4 is 5.43 Å². The minimum atomic E-state index is -0.149. The maximum atomic E-state index is 12.3. The number of carbonyl (C=O) groups is 1. The van der Waals surface area contributed by atoms with E-state index in [4.69, 9.17) is 11.6 Å². The van der Waals surface area contributed by atoms with E-state index < -0.39 is 0 Å². The molecule has 26 heavy (non-hydrogen) atoms. The lowest BCUT2D eigenvalue weighted by Gasteiger charge is -2.31. The highest BCUT2D eigenvalue weighted by molar-refractivity contribution is 7.98. The van der Waals surface area contributed by atoms with Crippen LogP contribution in [0.15, 0.2) is 70.7 Å². The number of rotatable bonds is 5. The highest BCUT2D eigenvalue weighted by Crippen LogP contribution is 2.40. The van der Waals surface area contributed by atoms with Gasteiger partial charge < -0.3 is 0 Å². The topological polar surface area (TPSA) is 41.5 Å². The minimum absolute atomic E-state index is 0.149. The average molecular weight is 383 g/mol. The van der Waals surface area contributed by atoms with E-state index in [-0.39, 0.29) is 5.91 Å². The number of benzene rings is 2. The maximum absolute atomic E-state index is 12.3. The number of hydrogen-bond acceptors (Lipinski definition) is 3. The van der Waals surface area contributed by atoms with Gasteiger partial charge in [0.1, 0.15) is 0 Å². The van der Waals surface area contributed by atoms with E-state index in [2.05, 4.69) is 22.7 Å². The summed E-state index contributed by atoms with van der Waals surface area (Å²) >= 11 is 7.64. The molecule has 2 aromatic rings. The number of nitrogens with zero attached hydrogens (tertiary/aromatic N) is 1. The molecule has 0 spiro atoms. The molecule has 2 aliphatic rings. The molecule has 0 heterocycles. The number of nitrogens with one attached hydrogen (secondary N) is 1. The smallest absolute Gasteiger partial charge is 0.267 e. The molecular weight excluding hydrogens is 364 g/mol. The van der Waals surface area contributed by atoms with Gasteiger partial charge in [-0.15, -0.1) is 11.8 Å². The molecule has 0 radical (unpaired) electrons. The summed E-state index contributed by atoms with van der Waals surface area (Å²) in [6.45, 7) is 0. The van der Waals surface area contributed by atoms with Crippen molar-refractivity contribution in [2.24, 2.45) is 16.9 Å². The Balaban J connectivity index is 1.30.